The number of rotatable bonds is 5. The molecule has 0 saturated heterocycles. The van der Waals surface area contributed by atoms with Crippen LogP contribution in [0.4, 0.5) is 13.9 Å². The minimum absolute atomic E-state index is 0.146. The van der Waals surface area contributed by atoms with Crippen molar-refractivity contribution in [3.63, 3.8) is 0 Å². The molecule has 0 bridgehead atoms. The Hall–Kier alpha value is -3.37. The second-order valence-corrected chi connectivity index (χ2v) is 8.21. The standard InChI is InChI=1S/C20H13F2N3O3S2/c21-13-6-5-12(8-14(13)22)15-9-29-19(23-15)24-17(26)11-3-1-10(2-4-11)7-16-18(27)25-20(28)30-16/h1-6,8-9,27H,7H2,(H,25,28)(H,23,24,26). The SMILES string of the molecule is O=C(Nc1nc(-c2ccc(F)c(F)c2)cs1)c1ccc(Cc2sc(=O)[nH]c2O)cc1. The summed E-state index contributed by atoms with van der Waals surface area (Å²) in [6.07, 6.45) is 0.362. The quantitative estimate of drug-likeness (QED) is 0.425. The fourth-order valence-corrected chi connectivity index (χ4v) is 4.19. The van der Waals surface area contributed by atoms with Crippen LogP contribution >= 0.6 is 22.7 Å². The van der Waals surface area contributed by atoms with Gasteiger partial charge in [0.1, 0.15) is 0 Å². The maximum absolute atomic E-state index is 13.4. The van der Waals surface area contributed by atoms with E-state index in [4.69, 9.17) is 0 Å². The number of nitrogens with one attached hydrogen (secondary N) is 2. The van der Waals surface area contributed by atoms with Gasteiger partial charge in [0.25, 0.3) is 5.91 Å². The predicted molar refractivity (Wildman–Crippen MR) is 111 cm³/mol. The van der Waals surface area contributed by atoms with Crippen molar-refractivity contribution >= 4 is 33.7 Å². The zero-order valence-corrected chi connectivity index (χ0v) is 16.7. The molecular formula is C20H13F2N3O3S2. The first-order chi connectivity index (χ1) is 14.4. The molecule has 4 rings (SSSR count). The topological polar surface area (TPSA) is 95.1 Å². The summed E-state index contributed by atoms with van der Waals surface area (Å²) in [6.45, 7) is 0. The van der Waals surface area contributed by atoms with Gasteiger partial charge in [0, 0.05) is 22.9 Å². The number of H-pyrrole nitrogens is 1. The molecule has 30 heavy (non-hydrogen) atoms. The maximum atomic E-state index is 13.4. The van der Waals surface area contributed by atoms with E-state index in [1.54, 1.807) is 29.6 Å². The molecule has 2 aromatic carbocycles. The third-order valence-corrected chi connectivity index (χ3v) is 5.85. The Bertz CT molecular complexity index is 1280. The molecule has 0 radical (unpaired) electrons. The van der Waals surface area contributed by atoms with Gasteiger partial charge in [-0.05, 0) is 35.9 Å². The monoisotopic (exact) mass is 445 g/mol. The van der Waals surface area contributed by atoms with Crippen molar-refractivity contribution < 1.29 is 18.7 Å². The summed E-state index contributed by atoms with van der Waals surface area (Å²) in [4.78, 5) is 30.4. The molecule has 152 valence electrons. The first-order valence-corrected chi connectivity index (χ1v) is 10.3. The van der Waals surface area contributed by atoms with E-state index in [1.165, 1.54) is 17.4 Å². The van der Waals surface area contributed by atoms with Crippen molar-refractivity contribution in [3.8, 4) is 17.1 Å². The Labute approximate surface area is 176 Å². The maximum Gasteiger partial charge on any atom is 0.307 e. The Balaban J connectivity index is 1.44. The molecule has 4 aromatic rings. The number of thiazole rings is 2. The molecule has 3 N–H and O–H groups in total. The molecule has 1 amide bonds. The largest absolute Gasteiger partial charge is 0.494 e. The minimum atomic E-state index is -0.966. The van der Waals surface area contributed by atoms with Gasteiger partial charge in [-0.3, -0.25) is 19.9 Å². The molecule has 0 saturated carbocycles. The van der Waals surface area contributed by atoms with Crippen LogP contribution < -0.4 is 10.2 Å². The fraction of sp³-hybridized carbons (Fsp3) is 0.0500. The first-order valence-electron chi connectivity index (χ1n) is 8.61. The van der Waals surface area contributed by atoms with Gasteiger partial charge in [-0.1, -0.05) is 23.5 Å². The van der Waals surface area contributed by atoms with Gasteiger partial charge in [-0.15, -0.1) is 11.3 Å². The van der Waals surface area contributed by atoms with Gasteiger partial charge >= 0.3 is 4.87 Å². The number of hydrogen-bond acceptors (Lipinski definition) is 6. The second kappa shape index (κ2) is 8.17. The smallest absolute Gasteiger partial charge is 0.307 e. The van der Waals surface area contributed by atoms with Gasteiger partial charge in [0.2, 0.25) is 5.88 Å². The third kappa shape index (κ3) is 4.29. The zero-order chi connectivity index (χ0) is 21.3. The number of aromatic amines is 1. The predicted octanol–water partition coefficient (Wildman–Crippen LogP) is 4.39. The molecule has 6 nitrogen and oxygen atoms in total. The van der Waals surface area contributed by atoms with Crippen LogP contribution in [0.5, 0.6) is 5.88 Å². The van der Waals surface area contributed by atoms with E-state index in [2.05, 4.69) is 15.3 Å². The van der Waals surface area contributed by atoms with Crippen LogP contribution in [0.2, 0.25) is 0 Å². The molecule has 0 fully saturated rings. The summed E-state index contributed by atoms with van der Waals surface area (Å²) in [5.74, 6) is -2.42. The zero-order valence-electron chi connectivity index (χ0n) is 15.1. The molecule has 2 heterocycles. The lowest BCUT2D eigenvalue weighted by Crippen LogP contribution is -2.11. The van der Waals surface area contributed by atoms with Crippen LogP contribution in [-0.2, 0) is 6.42 Å². The molecule has 0 atom stereocenters. The van der Waals surface area contributed by atoms with Gasteiger partial charge < -0.3 is 5.11 Å². The lowest BCUT2D eigenvalue weighted by molar-refractivity contribution is 0.102. The van der Waals surface area contributed by atoms with Crippen LogP contribution in [0.1, 0.15) is 20.8 Å². The first kappa shape index (κ1) is 19.9. The summed E-state index contributed by atoms with van der Waals surface area (Å²) in [5.41, 5.74) is 2.06. The van der Waals surface area contributed by atoms with Gasteiger partial charge in [-0.2, -0.15) is 0 Å². The van der Waals surface area contributed by atoms with Crippen LogP contribution in [0.15, 0.2) is 52.6 Å². The number of hydrogen-bond donors (Lipinski definition) is 3. The van der Waals surface area contributed by atoms with Gasteiger partial charge in [-0.25, -0.2) is 13.8 Å². The number of anilines is 1. The van der Waals surface area contributed by atoms with E-state index in [1.807, 2.05) is 0 Å². The lowest BCUT2D eigenvalue weighted by atomic mass is 10.1. The Morgan fingerprint density at radius 2 is 1.90 bits per heavy atom. The summed E-state index contributed by atoms with van der Waals surface area (Å²) < 4.78 is 26.5. The molecule has 10 heteroatoms. The number of benzene rings is 2. The van der Waals surface area contributed by atoms with E-state index in [0.29, 0.717) is 33.3 Å². The van der Waals surface area contributed by atoms with Crippen LogP contribution in [-0.4, -0.2) is 21.0 Å². The van der Waals surface area contributed by atoms with Crippen LogP contribution in [0, 0.1) is 11.6 Å². The molecular weight excluding hydrogens is 432 g/mol. The molecule has 0 spiro atoms. The highest BCUT2D eigenvalue weighted by molar-refractivity contribution is 7.14. The number of aromatic nitrogens is 2. The van der Waals surface area contributed by atoms with E-state index >= 15 is 0 Å². The normalized spacial score (nSPS) is 10.9. The highest BCUT2D eigenvalue weighted by Crippen LogP contribution is 2.26. The summed E-state index contributed by atoms with van der Waals surface area (Å²) in [6, 6.07) is 10.2. The van der Waals surface area contributed by atoms with E-state index in [0.717, 1.165) is 29.0 Å². The number of nitrogens with zero attached hydrogens (tertiary/aromatic N) is 1. The Kier molecular flexibility index (Phi) is 5.42. The molecule has 0 aliphatic heterocycles. The Morgan fingerprint density at radius 3 is 2.57 bits per heavy atom. The Morgan fingerprint density at radius 1 is 1.13 bits per heavy atom. The lowest BCUT2D eigenvalue weighted by Gasteiger charge is -2.04. The van der Waals surface area contributed by atoms with Crippen LogP contribution in [0.3, 0.4) is 0 Å². The molecule has 0 aliphatic carbocycles. The number of carbonyl (C=O) groups excluding carboxylic acids is 1. The fourth-order valence-electron chi connectivity index (χ4n) is 2.72. The van der Waals surface area contributed by atoms with Crippen molar-refractivity contribution in [2.24, 2.45) is 0 Å². The molecule has 2 aromatic heterocycles. The summed E-state index contributed by atoms with van der Waals surface area (Å²) >= 11 is 2.10. The summed E-state index contributed by atoms with van der Waals surface area (Å²) in [5, 5.41) is 14.3. The van der Waals surface area contributed by atoms with Crippen molar-refractivity contribution in [1.29, 1.82) is 0 Å². The van der Waals surface area contributed by atoms with E-state index < -0.39 is 11.6 Å². The van der Waals surface area contributed by atoms with E-state index in [-0.39, 0.29) is 16.7 Å². The second-order valence-electron chi connectivity index (χ2n) is 6.28. The molecule has 0 unspecified atom stereocenters. The highest BCUT2D eigenvalue weighted by Gasteiger charge is 2.13. The number of halogens is 2. The van der Waals surface area contributed by atoms with E-state index in [9.17, 15) is 23.5 Å². The van der Waals surface area contributed by atoms with Crippen molar-refractivity contribution in [2.45, 2.75) is 6.42 Å². The number of amides is 1. The number of aromatic hydroxyl groups is 1. The average Bonchev–Trinajstić information content (AvgIpc) is 3.30. The van der Waals surface area contributed by atoms with Crippen LogP contribution in [0.25, 0.3) is 11.3 Å². The third-order valence-electron chi connectivity index (χ3n) is 4.22. The van der Waals surface area contributed by atoms with Crippen molar-refractivity contribution in [2.75, 3.05) is 5.32 Å². The van der Waals surface area contributed by atoms with Crippen molar-refractivity contribution in [3.05, 3.63) is 85.2 Å². The van der Waals surface area contributed by atoms with Gasteiger partial charge in [0.05, 0.1) is 10.6 Å². The highest BCUT2D eigenvalue weighted by atomic mass is 32.1. The summed E-state index contributed by atoms with van der Waals surface area (Å²) in [7, 11) is 0. The van der Waals surface area contributed by atoms with Crippen molar-refractivity contribution in [1.82, 2.24) is 9.97 Å². The van der Waals surface area contributed by atoms with Gasteiger partial charge in [0.15, 0.2) is 16.8 Å². The average molecular weight is 445 g/mol. The molecule has 0 aliphatic rings. The number of carbonyl (C=O) groups is 1. The minimum Gasteiger partial charge on any atom is -0.494 e.